The van der Waals surface area contributed by atoms with Crippen LogP contribution in [0.5, 0.6) is 0 Å². The second-order valence-electron chi connectivity index (χ2n) is 2.33. The maximum atomic E-state index is 12.8. The molecular formula is C8H5BrClFO2. The number of benzene rings is 1. The molecule has 1 N–H and O–H groups in total. The van der Waals surface area contributed by atoms with Crippen molar-refractivity contribution in [2.24, 2.45) is 0 Å². The summed E-state index contributed by atoms with van der Waals surface area (Å²) in [6, 6.07) is 2.53. The van der Waals surface area contributed by atoms with Gasteiger partial charge in [0.25, 0.3) is 0 Å². The highest BCUT2D eigenvalue weighted by atomic mass is 79.9. The molecule has 0 aliphatic carbocycles. The Morgan fingerprint density at radius 1 is 1.62 bits per heavy atom. The van der Waals surface area contributed by atoms with Crippen LogP contribution in [0.3, 0.4) is 0 Å². The zero-order chi connectivity index (χ0) is 10.0. The lowest BCUT2D eigenvalue weighted by atomic mass is 10.1. The fraction of sp³-hybridized carbons (Fsp3) is 0.125. The van der Waals surface area contributed by atoms with Gasteiger partial charge in [-0.05, 0) is 11.6 Å². The maximum Gasteiger partial charge on any atom is 0.337 e. The maximum absolute atomic E-state index is 12.8. The van der Waals surface area contributed by atoms with Crippen LogP contribution < -0.4 is 0 Å². The molecule has 0 amide bonds. The number of aromatic carboxylic acids is 1. The van der Waals surface area contributed by atoms with Gasteiger partial charge in [0.15, 0.2) is 0 Å². The Kier molecular flexibility index (Phi) is 3.27. The van der Waals surface area contributed by atoms with Crippen LogP contribution in [0.15, 0.2) is 12.1 Å². The van der Waals surface area contributed by atoms with E-state index in [1.54, 1.807) is 0 Å². The zero-order valence-electron chi connectivity index (χ0n) is 6.35. The Bertz CT molecular complexity index is 354. The van der Waals surface area contributed by atoms with E-state index in [9.17, 15) is 9.18 Å². The molecule has 0 fully saturated rings. The molecule has 5 heteroatoms. The van der Waals surface area contributed by atoms with Gasteiger partial charge < -0.3 is 5.11 Å². The molecule has 0 saturated carbocycles. The summed E-state index contributed by atoms with van der Waals surface area (Å²) in [7, 11) is 0. The lowest BCUT2D eigenvalue weighted by molar-refractivity contribution is 0.0695. The van der Waals surface area contributed by atoms with E-state index >= 15 is 0 Å². The van der Waals surface area contributed by atoms with Crippen molar-refractivity contribution in [1.82, 2.24) is 0 Å². The van der Waals surface area contributed by atoms with Gasteiger partial charge in [-0.1, -0.05) is 33.6 Å². The molecule has 0 atom stereocenters. The summed E-state index contributed by atoms with van der Waals surface area (Å²) in [6.07, 6.45) is 0. The van der Waals surface area contributed by atoms with Crippen LogP contribution in [-0.2, 0) is 5.33 Å². The van der Waals surface area contributed by atoms with Crippen LogP contribution in [0.4, 0.5) is 4.39 Å². The first-order valence-electron chi connectivity index (χ1n) is 3.34. The number of carboxylic acid groups (broad SMARTS) is 1. The quantitative estimate of drug-likeness (QED) is 0.836. The number of halogens is 3. The Hall–Kier alpha value is -0.610. The highest BCUT2D eigenvalue weighted by molar-refractivity contribution is 9.08. The van der Waals surface area contributed by atoms with E-state index in [0.29, 0.717) is 10.9 Å². The van der Waals surface area contributed by atoms with Crippen LogP contribution in [-0.4, -0.2) is 11.1 Å². The summed E-state index contributed by atoms with van der Waals surface area (Å²) in [5.41, 5.74) is 0.275. The van der Waals surface area contributed by atoms with E-state index in [1.807, 2.05) is 0 Å². The molecule has 13 heavy (non-hydrogen) atoms. The number of alkyl halides is 1. The van der Waals surface area contributed by atoms with Crippen molar-refractivity contribution < 1.29 is 14.3 Å². The number of rotatable bonds is 2. The van der Waals surface area contributed by atoms with E-state index in [-0.39, 0.29) is 10.6 Å². The molecule has 0 bridgehead atoms. The first-order chi connectivity index (χ1) is 6.07. The van der Waals surface area contributed by atoms with Gasteiger partial charge in [-0.15, -0.1) is 0 Å². The minimum atomic E-state index is -1.22. The molecule has 0 aliphatic rings. The lowest BCUT2D eigenvalue weighted by Crippen LogP contribution is -2.03. The van der Waals surface area contributed by atoms with E-state index < -0.39 is 11.8 Å². The largest absolute Gasteiger partial charge is 0.478 e. The highest BCUT2D eigenvalue weighted by Gasteiger charge is 2.16. The number of carbonyl (C=O) groups is 1. The van der Waals surface area contributed by atoms with Crippen LogP contribution in [0.1, 0.15) is 15.9 Å². The average molecular weight is 267 g/mol. The Morgan fingerprint density at radius 2 is 2.23 bits per heavy atom. The monoisotopic (exact) mass is 266 g/mol. The minimum absolute atomic E-state index is 0.182. The molecule has 1 rings (SSSR count). The molecule has 70 valence electrons. The summed E-state index contributed by atoms with van der Waals surface area (Å²) in [4.78, 5) is 10.7. The molecule has 0 heterocycles. The topological polar surface area (TPSA) is 37.3 Å². The zero-order valence-corrected chi connectivity index (χ0v) is 8.69. The van der Waals surface area contributed by atoms with Gasteiger partial charge in [0, 0.05) is 5.33 Å². The van der Waals surface area contributed by atoms with Crippen LogP contribution in [0.25, 0.3) is 0 Å². The van der Waals surface area contributed by atoms with Gasteiger partial charge in [0.1, 0.15) is 5.82 Å². The van der Waals surface area contributed by atoms with Crippen molar-refractivity contribution >= 4 is 33.5 Å². The molecule has 0 saturated heterocycles. The normalized spacial score (nSPS) is 10.1. The number of hydrogen-bond donors (Lipinski definition) is 1. The number of hydrogen-bond acceptors (Lipinski definition) is 1. The van der Waals surface area contributed by atoms with Crippen LogP contribution in [0, 0.1) is 5.82 Å². The molecule has 0 radical (unpaired) electrons. The second-order valence-corrected chi connectivity index (χ2v) is 3.27. The molecule has 0 unspecified atom stereocenters. The third-order valence-corrected chi connectivity index (χ3v) is 2.51. The van der Waals surface area contributed by atoms with Crippen molar-refractivity contribution in [2.75, 3.05) is 0 Å². The molecule has 1 aromatic carbocycles. The van der Waals surface area contributed by atoms with Crippen LogP contribution in [0.2, 0.25) is 5.02 Å². The third kappa shape index (κ3) is 2.00. The minimum Gasteiger partial charge on any atom is -0.478 e. The van der Waals surface area contributed by atoms with Gasteiger partial charge in [0.2, 0.25) is 0 Å². The molecule has 2 nitrogen and oxygen atoms in total. The van der Waals surface area contributed by atoms with Crippen molar-refractivity contribution in [1.29, 1.82) is 0 Å². The van der Waals surface area contributed by atoms with Gasteiger partial charge in [-0.3, -0.25) is 0 Å². The second kappa shape index (κ2) is 4.07. The summed E-state index contributed by atoms with van der Waals surface area (Å²) in [5.74, 6) is -1.94. The third-order valence-electron chi connectivity index (χ3n) is 1.54. The van der Waals surface area contributed by atoms with E-state index in [0.717, 1.165) is 6.07 Å². The van der Waals surface area contributed by atoms with Gasteiger partial charge in [0.05, 0.1) is 10.6 Å². The predicted molar refractivity (Wildman–Crippen MR) is 51.0 cm³/mol. The van der Waals surface area contributed by atoms with Crippen LogP contribution >= 0.6 is 27.5 Å². The first-order valence-corrected chi connectivity index (χ1v) is 4.84. The molecular weight excluding hydrogens is 262 g/mol. The van der Waals surface area contributed by atoms with Crippen molar-refractivity contribution in [3.05, 3.63) is 34.1 Å². The summed E-state index contributed by atoms with van der Waals surface area (Å²) in [6.45, 7) is 0. The van der Waals surface area contributed by atoms with Crippen molar-refractivity contribution in [3.63, 3.8) is 0 Å². The fourth-order valence-corrected chi connectivity index (χ4v) is 1.67. The van der Waals surface area contributed by atoms with Gasteiger partial charge >= 0.3 is 5.97 Å². The summed E-state index contributed by atoms with van der Waals surface area (Å²) < 4.78 is 12.8. The van der Waals surface area contributed by atoms with Crippen molar-refractivity contribution in [3.8, 4) is 0 Å². The Morgan fingerprint density at radius 3 is 2.69 bits per heavy atom. The van der Waals surface area contributed by atoms with Gasteiger partial charge in [-0.2, -0.15) is 0 Å². The standard InChI is InChI=1S/C8H5BrClFO2/c9-3-4-1-2-5(11)7(10)6(4)8(12)13/h1-2H,3H2,(H,12,13). The van der Waals surface area contributed by atoms with Gasteiger partial charge in [-0.25, -0.2) is 9.18 Å². The highest BCUT2D eigenvalue weighted by Crippen LogP contribution is 2.25. The SMILES string of the molecule is O=C(O)c1c(CBr)ccc(F)c1Cl. The molecule has 0 aromatic heterocycles. The smallest absolute Gasteiger partial charge is 0.337 e. The summed E-state index contributed by atoms with van der Waals surface area (Å²) >= 11 is 8.59. The average Bonchev–Trinajstić information content (AvgIpc) is 2.08. The first kappa shape index (κ1) is 10.5. The van der Waals surface area contributed by atoms with Crippen molar-refractivity contribution in [2.45, 2.75) is 5.33 Å². The Labute approximate surface area is 87.5 Å². The van der Waals surface area contributed by atoms with E-state index in [4.69, 9.17) is 16.7 Å². The molecule has 0 aliphatic heterocycles. The summed E-state index contributed by atoms with van der Waals surface area (Å²) in [5, 5.41) is 8.72. The number of carboxylic acids is 1. The molecule has 1 aromatic rings. The molecule has 0 spiro atoms. The van der Waals surface area contributed by atoms with E-state index in [1.165, 1.54) is 6.07 Å². The van der Waals surface area contributed by atoms with E-state index in [2.05, 4.69) is 15.9 Å². The Balaban J connectivity index is 3.41. The lowest BCUT2D eigenvalue weighted by Gasteiger charge is -2.04. The predicted octanol–water partition coefficient (Wildman–Crippen LogP) is 3.07. The fourth-order valence-electron chi connectivity index (χ4n) is 0.933.